The van der Waals surface area contributed by atoms with Gasteiger partial charge in [0.1, 0.15) is 0 Å². The fraction of sp³-hybridized carbons (Fsp3) is 0.250. The Balaban J connectivity index is 2.13. The molecule has 17 heavy (non-hydrogen) atoms. The van der Waals surface area contributed by atoms with Crippen LogP contribution in [0, 0.1) is 0 Å². The Bertz CT molecular complexity index is 545. The van der Waals surface area contributed by atoms with Crippen molar-refractivity contribution in [3.63, 3.8) is 0 Å². The molecule has 1 heteroatoms. The highest BCUT2D eigenvalue weighted by Gasteiger charge is 2.23. The van der Waals surface area contributed by atoms with Crippen molar-refractivity contribution in [1.29, 1.82) is 0 Å². The van der Waals surface area contributed by atoms with Gasteiger partial charge in [-0.15, -0.1) is 0 Å². The van der Waals surface area contributed by atoms with E-state index in [0.29, 0.717) is 0 Å². The minimum atomic E-state index is 0.747. The lowest BCUT2D eigenvalue weighted by molar-refractivity contribution is 0.110. The van der Waals surface area contributed by atoms with Gasteiger partial charge in [0, 0.05) is 0 Å². The van der Waals surface area contributed by atoms with Crippen LogP contribution in [0.1, 0.15) is 22.3 Å². The Morgan fingerprint density at radius 1 is 0.647 bits per heavy atom. The topological polar surface area (TPSA) is 9.23 Å². The number of ether oxygens (including phenoxy) is 1. The van der Waals surface area contributed by atoms with Crippen LogP contribution in [0.15, 0.2) is 36.4 Å². The van der Waals surface area contributed by atoms with Gasteiger partial charge in [0.15, 0.2) is 0 Å². The molecule has 0 saturated heterocycles. The molecule has 0 saturated carbocycles. The van der Waals surface area contributed by atoms with Crippen LogP contribution in [0.3, 0.4) is 0 Å². The summed E-state index contributed by atoms with van der Waals surface area (Å²) in [6.07, 6.45) is 2.33. The lowest BCUT2D eigenvalue weighted by atomic mass is 9.81. The Morgan fingerprint density at radius 3 is 1.65 bits per heavy atom. The van der Waals surface area contributed by atoms with E-state index in [2.05, 4.69) is 36.4 Å². The van der Waals surface area contributed by atoms with E-state index >= 15 is 0 Å². The molecule has 0 atom stereocenters. The first-order chi connectivity index (χ1) is 8.43. The van der Waals surface area contributed by atoms with E-state index in [9.17, 15) is 0 Å². The third kappa shape index (κ3) is 1.29. The molecule has 4 rings (SSSR count). The molecule has 1 aliphatic heterocycles. The third-order valence-electron chi connectivity index (χ3n) is 3.90. The van der Waals surface area contributed by atoms with Crippen molar-refractivity contribution in [2.24, 2.45) is 0 Å². The molecule has 2 aromatic rings. The quantitative estimate of drug-likeness (QED) is 0.663. The maximum atomic E-state index is 5.79. The zero-order valence-corrected chi connectivity index (χ0v) is 9.70. The molecule has 0 unspecified atom stereocenters. The summed E-state index contributed by atoms with van der Waals surface area (Å²) >= 11 is 0. The van der Waals surface area contributed by atoms with Crippen LogP contribution in [0.5, 0.6) is 0 Å². The molecular formula is C16H14O. The average molecular weight is 222 g/mol. The van der Waals surface area contributed by atoms with Gasteiger partial charge in [-0.1, -0.05) is 36.4 Å². The maximum Gasteiger partial charge on any atom is 0.0727 e. The molecule has 0 N–H and O–H groups in total. The van der Waals surface area contributed by atoms with Gasteiger partial charge < -0.3 is 4.74 Å². The van der Waals surface area contributed by atoms with Crippen LogP contribution in [0.4, 0.5) is 0 Å². The summed E-state index contributed by atoms with van der Waals surface area (Å²) in [6, 6.07) is 13.3. The van der Waals surface area contributed by atoms with Gasteiger partial charge in [-0.25, -0.2) is 0 Å². The molecule has 1 heterocycles. The highest BCUT2D eigenvalue weighted by Crippen LogP contribution is 2.40. The van der Waals surface area contributed by atoms with Crippen molar-refractivity contribution in [2.75, 3.05) is 0 Å². The number of hydrogen-bond acceptors (Lipinski definition) is 1. The number of hydrogen-bond donors (Lipinski definition) is 0. The van der Waals surface area contributed by atoms with E-state index in [1.165, 1.54) is 46.2 Å². The Kier molecular flexibility index (Phi) is 1.91. The minimum absolute atomic E-state index is 0.747. The fourth-order valence-corrected chi connectivity index (χ4v) is 3.15. The summed E-state index contributed by atoms with van der Waals surface area (Å²) in [7, 11) is 0. The van der Waals surface area contributed by atoms with E-state index in [0.717, 1.165) is 13.2 Å². The van der Waals surface area contributed by atoms with E-state index < -0.39 is 0 Å². The predicted molar refractivity (Wildman–Crippen MR) is 67.8 cm³/mol. The lowest BCUT2D eigenvalue weighted by Crippen LogP contribution is -2.06. The Labute approximate surface area is 101 Å². The summed E-state index contributed by atoms with van der Waals surface area (Å²) in [6.45, 7) is 1.49. The predicted octanol–water partition coefficient (Wildman–Crippen LogP) is 3.48. The van der Waals surface area contributed by atoms with Crippen molar-refractivity contribution in [3.05, 3.63) is 58.7 Å². The van der Waals surface area contributed by atoms with Gasteiger partial charge >= 0.3 is 0 Å². The van der Waals surface area contributed by atoms with Crippen molar-refractivity contribution >= 4 is 0 Å². The van der Waals surface area contributed by atoms with Crippen molar-refractivity contribution in [3.8, 4) is 11.1 Å². The normalized spacial score (nSPS) is 16.2. The van der Waals surface area contributed by atoms with Crippen LogP contribution < -0.4 is 0 Å². The first kappa shape index (κ1) is 9.43. The second-order valence-electron chi connectivity index (χ2n) is 4.90. The van der Waals surface area contributed by atoms with Crippen LogP contribution >= 0.6 is 0 Å². The van der Waals surface area contributed by atoms with Crippen molar-refractivity contribution in [1.82, 2.24) is 0 Å². The standard InChI is InChI=1S/C16H14O/c1-3-11-7-8-12-4-2-6-14-10-17-9-13(5-1)15(11)16(12)14/h1-6H,7-10H2. The zero-order chi connectivity index (χ0) is 11.2. The van der Waals surface area contributed by atoms with Crippen LogP contribution in [0.25, 0.3) is 11.1 Å². The molecule has 2 aromatic carbocycles. The summed E-state index contributed by atoms with van der Waals surface area (Å²) < 4.78 is 5.79. The molecule has 0 fully saturated rings. The van der Waals surface area contributed by atoms with Crippen molar-refractivity contribution < 1.29 is 4.74 Å². The van der Waals surface area contributed by atoms with Gasteiger partial charge in [-0.05, 0) is 46.2 Å². The number of aryl methyl sites for hydroxylation is 2. The monoisotopic (exact) mass is 222 g/mol. The molecule has 1 nitrogen and oxygen atoms in total. The molecule has 2 aliphatic rings. The minimum Gasteiger partial charge on any atom is -0.372 e. The van der Waals surface area contributed by atoms with Crippen LogP contribution in [-0.4, -0.2) is 0 Å². The van der Waals surface area contributed by atoms with Gasteiger partial charge in [0.2, 0.25) is 0 Å². The van der Waals surface area contributed by atoms with E-state index in [1.807, 2.05) is 0 Å². The molecule has 0 bridgehead atoms. The highest BCUT2D eigenvalue weighted by atomic mass is 16.5. The van der Waals surface area contributed by atoms with Gasteiger partial charge in [0.05, 0.1) is 13.2 Å². The summed E-state index contributed by atoms with van der Waals surface area (Å²) in [5.74, 6) is 0. The van der Waals surface area contributed by atoms with Gasteiger partial charge in [-0.2, -0.15) is 0 Å². The molecule has 0 spiro atoms. The molecular weight excluding hydrogens is 208 g/mol. The molecule has 0 amide bonds. The average Bonchev–Trinajstić information content (AvgIpc) is 2.57. The number of benzene rings is 2. The third-order valence-corrected chi connectivity index (χ3v) is 3.90. The lowest BCUT2D eigenvalue weighted by Gasteiger charge is -2.22. The molecule has 1 aliphatic carbocycles. The molecule has 84 valence electrons. The maximum absolute atomic E-state index is 5.79. The summed E-state index contributed by atoms with van der Waals surface area (Å²) in [5, 5.41) is 0. The van der Waals surface area contributed by atoms with E-state index in [1.54, 1.807) is 0 Å². The van der Waals surface area contributed by atoms with Crippen LogP contribution in [0.2, 0.25) is 0 Å². The second kappa shape index (κ2) is 3.44. The van der Waals surface area contributed by atoms with Gasteiger partial charge in [-0.3, -0.25) is 0 Å². The molecule has 0 radical (unpaired) electrons. The summed E-state index contributed by atoms with van der Waals surface area (Å²) in [4.78, 5) is 0. The smallest absolute Gasteiger partial charge is 0.0727 e. The SMILES string of the molecule is c1cc2c3c(c1)COCc1cccc(c1-3)CC2. The van der Waals surface area contributed by atoms with Gasteiger partial charge in [0.25, 0.3) is 0 Å². The highest BCUT2D eigenvalue weighted by molar-refractivity contribution is 5.79. The van der Waals surface area contributed by atoms with Crippen LogP contribution in [-0.2, 0) is 30.8 Å². The largest absolute Gasteiger partial charge is 0.372 e. The fourth-order valence-electron chi connectivity index (χ4n) is 3.15. The molecule has 0 aromatic heterocycles. The first-order valence-corrected chi connectivity index (χ1v) is 6.23. The zero-order valence-electron chi connectivity index (χ0n) is 9.70. The van der Waals surface area contributed by atoms with Crippen molar-refractivity contribution in [2.45, 2.75) is 26.1 Å². The Morgan fingerprint density at radius 2 is 1.12 bits per heavy atom. The summed E-state index contributed by atoms with van der Waals surface area (Å²) in [5.41, 5.74) is 8.62. The number of rotatable bonds is 0. The Hall–Kier alpha value is -1.60. The van der Waals surface area contributed by atoms with E-state index in [4.69, 9.17) is 4.74 Å². The second-order valence-corrected chi connectivity index (χ2v) is 4.90. The first-order valence-electron chi connectivity index (χ1n) is 6.23. The van der Waals surface area contributed by atoms with E-state index in [-0.39, 0.29) is 0 Å².